The van der Waals surface area contributed by atoms with E-state index in [-0.39, 0.29) is 112 Å². The molecule has 1 aliphatic carbocycles. The van der Waals surface area contributed by atoms with Crippen LogP contribution in [0.25, 0.3) is 0 Å². The first-order valence-electron chi connectivity index (χ1n) is 12.6. The van der Waals surface area contributed by atoms with Gasteiger partial charge in [-0.2, -0.15) is 0 Å². The summed E-state index contributed by atoms with van der Waals surface area (Å²) in [6.07, 6.45) is 5.16. The molecule has 0 radical (unpaired) electrons. The van der Waals surface area contributed by atoms with Crippen LogP contribution in [0.15, 0.2) is 12.3 Å². The Kier molecular flexibility index (Phi) is 11.9. The zero-order valence-electron chi connectivity index (χ0n) is 21.1. The SMILES string of the molecule is CC(=O)CCC(=O)CCC(=O)CCC(=O)CCC(=O)CCC(=O)CC1(c2nccc(CO)n2)CCC1. The minimum Gasteiger partial charge on any atom is -0.390 e. The molecule has 1 aromatic heterocycles. The van der Waals surface area contributed by atoms with E-state index < -0.39 is 5.41 Å². The average molecular weight is 501 g/mol. The number of hydrogen-bond acceptors (Lipinski definition) is 9. The van der Waals surface area contributed by atoms with Gasteiger partial charge in [0.05, 0.1) is 12.3 Å². The van der Waals surface area contributed by atoms with Crippen LogP contribution >= 0.6 is 0 Å². The highest BCUT2D eigenvalue weighted by Gasteiger charge is 2.42. The van der Waals surface area contributed by atoms with E-state index in [9.17, 15) is 33.9 Å². The van der Waals surface area contributed by atoms with Crippen molar-refractivity contribution in [2.45, 2.75) is 109 Å². The van der Waals surface area contributed by atoms with E-state index in [0.717, 1.165) is 19.3 Å². The summed E-state index contributed by atoms with van der Waals surface area (Å²) in [7, 11) is 0. The number of nitrogens with zero attached hydrogens (tertiary/aromatic N) is 2. The highest BCUT2D eigenvalue weighted by molar-refractivity contribution is 5.92. The Balaban J connectivity index is 1.64. The van der Waals surface area contributed by atoms with E-state index in [2.05, 4.69) is 9.97 Å². The number of aromatic nitrogens is 2. The molecule has 0 aromatic carbocycles. The zero-order chi connectivity index (χ0) is 26.6. The number of rotatable bonds is 19. The summed E-state index contributed by atoms with van der Waals surface area (Å²) in [4.78, 5) is 79.9. The smallest absolute Gasteiger partial charge is 0.135 e. The summed E-state index contributed by atoms with van der Waals surface area (Å²) in [5.74, 6) is -0.230. The summed E-state index contributed by atoms with van der Waals surface area (Å²) >= 11 is 0. The minimum atomic E-state index is -0.425. The van der Waals surface area contributed by atoms with Crippen LogP contribution < -0.4 is 0 Å². The van der Waals surface area contributed by atoms with Gasteiger partial charge in [0.1, 0.15) is 40.5 Å². The van der Waals surface area contributed by atoms with Gasteiger partial charge < -0.3 is 9.90 Å². The number of aliphatic hydroxyl groups is 1. The van der Waals surface area contributed by atoms with Gasteiger partial charge in [-0.25, -0.2) is 9.97 Å². The molecule has 1 aromatic rings. The maximum absolute atomic E-state index is 12.6. The van der Waals surface area contributed by atoms with Crippen molar-refractivity contribution in [3.8, 4) is 0 Å². The predicted octanol–water partition coefficient (Wildman–Crippen LogP) is 3.12. The number of hydrogen-bond donors (Lipinski definition) is 1. The minimum absolute atomic E-state index is 0.0299. The lowest BCUT2D eigenvalue weighted by Crippen LogP contribution is -2.38. The Morgan fingerprint density at radius 2 is 1.19 bits per heavy atom. The summed E-state index contributed by atoms with van der Waals surface area (Å²) in [5, 5.41) is 9.32. The van der Waals surface area contributed by atoms with E-state index in [4.69, 9.17) is 0 Å². The molecule has 1 N–H and O–H groups in total. The van der Waals surface area contributed by atoms with Gasteiger partial charge in [-0.05, 0) is 25.8 Å². The quantitative estimate of drug-likeness (QED) is 0.302. The van der Waals surface area contributed by atoms with Gasteiger partial charge >= 0.3 is 0 Å². The van der Waals surface area contributed by atoms with E-state index in [1.165, 1.54) is 6.92 Å². The lowest BCUT2D eigenvalue weighted by molar-refractivity contribution is -0.128. The Labute approximate surface area is 211 Å². The first-order chi connectivity index (χ1) is 17.1. The van der Waals surface area contributed by atoms with E-state index >= 15 is 0 Å². The molecule has 2 rings (SSSR count). The lowest BCUT2D eigenvalue weighted by Gasteiger charge is -2.40. The van der Waals surface area contributed by atoms with Gasteiger partial charge in [0, 0.05) is 82.2 Å². The zero-order valence-corrected chi connectivity index (χ0v) is 21.1. The fraction of sp³-hybridized carbons (Fsp3) is 0.630. The Hall–Kier alpha value is -2.94. The van der Waals surface area contributed by atoms with Gasteiger partial charge in [-0.1, -0.05) is 6.42 Å². The molecule has 0 amide bonds. The molecule has 1 aliphatic rings. The summed E-state index contributed by atoms with van der Waals surface area (Å²) < 4.78 is 0. The fourth-order valence-corrected chi connectivity index (χ4v) is 4.22. The van der Waals surface area contributed by atoms with Crippen LogP contribution in [0.3, 0.4) is 0 Å². The molecule has 9 heteroatoms. The predicted molar refractivity (Wildman–Crippen MR) is 130 cm³/mol. The molecule has 196 valence electrons. The van der Waals surface area contributed by atoms with E-state index in [1.807, 2.05) is 0 Å². The third kappa shape index (κ3) is 9.97. The maximum atomic E-state index is 12.6. The molecule has 1 fully saturated rings. The van der Waals surface area contributed by atoms with Crippen molar-refractivity contribution >= 4 is 34.7 Å². The molecule has 0 unspecified atom stereocenters. The van der Waals surface area contributed by atoms with Crippen LogP contribution in [0.4, 0.5) is 0 Å². The molecule has 36 heavy (non-hydrogen) atoms. The normalized spacial score (nSPS) is 14.1. The Bertz CT molecular complexity index is 982. The lowest BCUT2D eigenvalue weighted by atomic mass is 9.65. The van der Waals surface area contributed by atoms with Crippen LogP contribution in [0.5, 0.6) is 0 Å². The third-order valence-corrected chi connectivity index (χ3v) is 6.68. The molecule has 1 saturated carbocycles. The number of carbonyl (C=O) groups is 6. The molecule has 9 nitrogen and oxygen atoms in total. The number of Topliss-reactive ketones (excluding diaryl/α,β-unsaturated/α-hetero) is 6. The van der Waals surface area contributed by atoms with Crippen LogP contribution in [-0.2, 0) is 40.8 Å². The van der Waals surface area contributed by atoms with Crippen LogP contribution in [0.1, 0.15) is 108 Å². The van der Waals surface area contributed by atoms with Crippen molar-refractivity contribution in [3.05, 3.63) is 23.8 Å². The second kappa shape index (κ2) is 14.6. The second-order valence-corrected chi connectivity index (χ2v) is 9.74. The molecule has 1 heterocycles. The summed E-state index contributed by atoms with van der Waals surface area (Å²) in [6.45, 7) is 1.22. The maximum Gasteiger partial charge on any atom is 0.135 e. The van der Waals surface area contributed by atoms with Crippen molar-refractivity contribution in [2.24, 2.45) is 0 Å². The summed E-state index contributed by atoms with van der Waals surface area (Å²) in [5.41, 5.74) is 0.0877. The fourth-order valence-electron chi connectivity index (χ4n) is 4.22. The van der Waals surface area contributed by atoms with Gasteiger partial charge in [-0.15, -0.1) is 0 Å². The number of ketones is 6. The molecule has 0 aliphatic heterocycles. The molecular formula is C27H36N2O7. The van der Waals surface area contributed by atoms with Gasteiger partial charge in [0.2, 0.25) is 0 Å². The van der Waals surface area contributed by atoms with E-state index in [1.54, 1.807) is 12.3 Å². The van der Waals surface area contributed by atoms with Crippen molar-refractivity contribution in [2.75, 3.05) is 0 Å². The van der Waals surface area contributed by atoms with Crippen molar-refractivity contribution in [1.29, 1.82) is 0 Å². The first-order valence-corrected chi connectivity index (χ1v) is 12.6. The van der Waals surface area contributed by atoms with Gasteiger partial charge in [0.15, 0.2) is 0 Å². The summed E-state index contributed by atoms with van der Waals surface area (Å²) in [6, 6.07) is 1.63. The highest BCUT2D eigenvalue weighted by Crippen LogP contribution is 2.45. The largest absolute Gasteiger partial charge is 0.390 e. The molecule has 0 saturated heterocycles. The molecule has 0 spiro atoms. The highest BCUT2D eigenvalue weighted by atomic mass is 16.3. The van der Waals surface area contributed by atoms with Crippen molar-refractivity contribution in [1.82, 2.24) is 9.97 Å². The average Bonchev–Trinajstić information content (AvgIpc) is 2.84. The van der Waals surface area contributed by atoms with E-state index in [0.29, 0.717) is 11.5 Å². The van der Waals surface area contributed by atoms with Gasteiger partial charge in [-0.3, -0.25) is 24.0 Å². The first kappa shape index (κ1) is 29.3. The van der Waals surface area contributed by atoms with Crippen molar-refractivity contribution in [3.63, 3.8) is 0 Å². The Morgan fingerprint density at radius 1 is 0.750 bits per heavy atom. The van der Waals surface area contributed by atoms with Gasteiger partial charge in [0.25, 0.3) is 0 Å². The third-order valence-electron chi connectivity index (χ3n) is 6.68. The van der Waals surface area contributed by atoms with Crippen molar-refractivity contribution < 1.29 is 33.9 Å². The second-order valence-electron chi connectivity index (χ2n) is 9.74. The number of carbonyl (C=O) groups excluding carboxylic acids is 6. The Morgan fingerprint density at radius 3 is 1.58 bits per heavy atom. The van der Waals surface area contributed by atoms with Crippen LogP contribution in [-0.4, -0.2) is 49.8 Å². The number of aliphatic hydroxyl groups excluding tert-OH is 1. The topological polar surface area (TPSA) is 148 Å². The molecule has 0 bridgehead atoms. The van der Waals surface area contributed by atoms with Crippen LogP contribution in [0, 0.1) is 0 Å². The molecule has 0 atom stereocenters. The monoisotopic (exact) mass is 500 g/mol. The standard InChI is InChI=1S/C27H36N2O7/c1-19(31)3-4-21(32)5-6-22(33)7-8-23(34)9-10-24(35)11-12-25(36)17-27(14-2-15-27)26-28-16-13-20(18-30)29-26/h13,16,30H,2-12,14-15,17-18H2,1H3. The molecular weight excluding hydrogens is 464 g/mol. The van der Waals surface area contributed by atoms with Crippen LogP contribution in [0.2, 0.25) is 0 Å².